The SMILES string of the molecule is CC(C)(C)OC(=O)N1CCC1C(C#N)C1CCCCC1. The first-order valence-corrected chi connectivity index (χ1v) is 7.81. The third-order valence-corrected chi connectivity index (χ3v) is 4.42. The standard InChI is InChI=1S/C16H26N2O2/c1-16(2,3)20-15(19)18-10-9-14(18)13(11-17)12-7-5-4-6-8-12/h12-14H,4-10H2,1-3H3. The number of ether oxygens (including phenoxy) is 1. The maximum Gasteiger partial charge on any atom is 0.410 e. The highest BCUT2D eigenvalue weighted by molar-refractivity contribution is 5.69. The lowest BCUT2D eigenvalue weighted by molar-refractivity contribution is -0.0197. The Morgan fingerprint density at radius 2 is 1.90 bits per heavy atom. The molecule has 4 nitrogen and oxygen atoms in total. The predicted molar refractivity (Wildman–Crippen MR) is 77.0 cm³/mol. The summed E-state index contributed by atoms with van der Waals surface area (Å²) in [6, 6.07) is 2.54. The van der Waals surface area contributed by atoms with E-state index < -0.39 is 5.60 Å². The van der Waals surface area contributed by atoms with Crippen molar-refractivity contribution in [1.82, 2.24) is 4.90 Å². The molecule has 0 aromatic carbocycles. The van der Waals surface area contributed by atoms with E-state index in [-0.39, 0.29) is 18.1 Å². The fourth-order valence-electron chi connectivity index (χ4n) is 3.33. The Morgan fingerprint density at radius 1 is 1.25 bits per heavy atom. The third kappa shape index (κ3) is 3.45. The van der Waals surface area contributed by atoms with Crippen LogP contribution in [0.5, 0.6) is 0 Å². The van der Waals surface area contributed by atoms with Gasteiger partial charge >= 0.3 is 6.09 Å². The quantitative estimate of drug-likeness (QED) is 0.773. The average molecular weight is 278 g/mol. The molecule has 112 valence electrons. The molecule has 1 aliphatic carbocycles. The van der Waals surface area contributed by atoms with E-state index in [1.807, 2.05) is 20.8 Å². The number of amides is 1. The van der Waals surface area contributed by atoms with Gasteiger partial charge in [-0.15, -0.1) is 0 Å². The van der Waals surface area contributed by atoms with Gasteiger partial charge in [0.15, 0.2) is 0 Å². The second-order valence-corrected chi connectivity index (χ2v) is 7.08. The number of hydrogen-bond acceptors (Lipinski definition) is 3. The van der Waals surface area contributed by atoms with Crippen molar-refractivity contribution in [2.24, 2.45) is 11.8 Å². The van der Waals surface area contributed by atoms with Crippen LogP contribution in [0.3, 0.4) is 0 Å². The van der Waals surface area contributed by atoms with Crippen LogP contribution < -0.4 is 0 Å². The first-order valence-electron chi connectivity index (χ1n) is 7.81. The summed E-state index contributed by atoms with van der Waals surface area (Å²) < 4.78 is 5.43. The molecule has 20 heavy (non-hydrogen) atoms. The molecule has 4 heteroatoms. The van der Waals surface area contributed by atoms with E-state index in [9.17, 15) is 10.1 Å². The number of carbonyl (C=O) groups excluding carboxylic acids is 1. The van der Waals surface area contributed by atoms with Gasteiger partial charge in [0, 0.05) is 6.54 Å². The van der Waals surface area contributed by atoms with Crippen molar-refractivity contribution < 1.29 is 9.53 Å². The lowest BCUT2D eigenvalue weighted by Crippen LogP contribution is -2.57. The Hall–Kier alpha value is -1.24. The second kappa shape index (κ2) is 6.03. The van der Waals surface area contributed by atoms with E-state index in [4.69, 9.17) is 4.74 Å². The van der Waals surface area contributed by atoms with E-state index in [1.165, 1.54) is 19.3 Å². The Balaban J connectivity index is 1.97. The van der Waals surface area contributed by atoms with Gasteiger partial charge < -0.3 is 9.64 Å². The zero-order valence-electron chi connectivity index (χ0n) is 12.9. The monoisotopic (exact) mass is 278 g/mol. The number of carbonyl (C=O) groups is 1. The third-order valence-electron chi connectivity index (χ3n) is 4.42. The highest BCUT2D eigenvalue weighted by Crippen LogP contribution is 2.37. The van der Waals surface area contributed by atoms with Crippen LogP contribution in [0.4, 0.5) is 4.79 Å². The molecule has 0 N–H and O–H groups in total. The summed E-state index contributed by atoms with van der Waals surface area (Å²) in [6.45, 7) is 6.36. The number of nitrogens with zero attached hydrogens (tertiary/aromatic N) is 2. The molecule has 2 aliphatic rings. The summed E-state index contributed by atoms with van der Waals surface area (Å²) in [7, 11) is 0. The molecule has 2 atom stereocenters. The molecule has 1 heterocycles. The van der Waals surface area contributed by atoms with Crippen molar-refractivity contribution in [3.63, 3.8) is 0 Å². The molecular formula is C16H26N2O2. The van der Waals surface area contributed by atoms with E-state index in [2.05, 4.69) is 6.07 Å². The van der Waals surface area contributed by atoms with Gasteiger partial charge in [0.25, 0.3) is 0 Å². The molecular weight excluding hydrogens is 252 g/mol. The van der Waals surface area contributed by atoms with Crippen molar-refractivity contribution >= 4 is 6.09 Å². The van der Waals surface area contributed by atoms with Crippen LogP contribution in [0.15, 0.2) is 0 Å². The smallest absolute Gasteiger partial charge is 0.410 e. The Morgan fingerprint density at radius 3 is 2.35 bits per heavy atom. The zero-order valence-corrected chi connectivity index (χ0v) is 12.9. The second-order valence-electron chi connectivity index (χ2n) is 7.08. The fraction of sp³-hybridized carbons (Fsp3) is 0.875. The number of likely N-dealkylation sites (tertiary alicyclic amines) is 1. The Kier molecular flexibility index (Phi) is 4.57. The van der Waals surface area contributed by atoms with Crippen LogP contribution in [0.1, 0.15) is 59.3 Å². The highest BCUT2D eigenvalue weighted by Gasteiger charge is 2.43. The van der Waals surface area contributed by atoms with Crippen molar-refractivity contribution in [3.8, 4) is 6.07 Å². The van der Waals surface area contributed by atoms with Gasteiger partial charge in [0.1, 0.15) is 5.60 Å². The van der Waals surface area contributed by atoms with E-state index in [0.29, 0.717) is 5.92 Å². The van der Waals surface area contributed by atoms with E-state index in [0.717, 1.165) is 25.8 Å². The largest absolute Gasteiger partial charge is 0.444 e. The topological polar surface area (TPSA) is 53.3 Å². The average Bonchev–Trinajstić information content (AvgIpc) is 2.32. The Labute approximate surface area is 122 Å². The summed E-state index contributed by atoms with van der Waals surface area (Å²) >= 11 is 0. The molecule has 0 aromatic rings. The maximum absolute atomic E-state index is 12.1. The molecule has 1 saturated heterocycles. The maximum atomic E-state index is 12.1. The minimum Gasteiger partial charge on any atom is -0.444 e. The molecule has 1 aliphatic heterocycles. The van der Waals surface area contributed by atoms with Crippen molar-refractivity contribution in [1.29, 1.82) is 5.26 Å². The van der Waals surface area contributed by atoms with Crippen molar-refractivity contribution in [2.45, 2.75) is 70.9 Å². The minimum atomic E-state index is -0.468. The summed E-state index contributed by atoms with van der Waals surface area (Å²) in [5.41, 5.74) is -0.468. The summed E-state index contributed by atoms with van der Waals surface area (Å²) in [5, 5.41) is 9.52. The summed E-state index contributed by atoms with van der Waals surface area (Å²) in [5.74, 6) is 0.445. The van der Waals surface area contributed by atoms with Crippen LogP contribution in [0.25, 0.3) is 0 Å². The summed E-state index contributed by atoms with van der Waals surface area (Å²) in [4.78, 5) is 13.9. The zero-order chi connectivity index (χ0) is 14.8. The van der Waals surface area contributed by atoms with Crippen LogP contribution >= 0.6 is 0 Å². The van der Waals surface area contributed by atoms with Crippen LogP contribution in [-0.2, 0) is 4.74 Å². The number of nitriles is 1. The Bertz CT molecular complexity index is 388. The lowest BCUT2D eigenvalue weighted by Gasteiger charge is -2.45. The normalized spacial score (nSPS) is 25.5. The van der Waals surface area contributed by atoms with Gasteiger partial charge in [0.05, 0.1) is 18.0 Å². The van der Waals surface area contributed by atoms with E-state index in [1.54, 1.807) is 4.90 Å². The first-order chi connectivity index (χ1) is 9.42. The van der Waals surface area contributed by atoms with Crippen molar-refractivity contribution in [3.05, 3.63) is 0 Å². The van der Waals surface area contributed by atoms with E-state index >= 15 is 0 Å². The molecule has 2 rings (SSSR count). The predicted octanol–water partition coefficient (Wildman–Crippen LogP) is 3.72. The lowest BCUT2D eigenvalue weighted by atomic mass is 9.74. The van der Waals surface area contributed by atoms with Gasteiger partial charge in [-0.25, -0.2) is 4.79 Å². The highest BCUT2D eigenvalue weighted by atomic mass is 16.6. The molecule has 2 unspecified atom stereocenters. The number of rotatable bonds is 2. The minimum absolute atomic E-state index is 0.0171. The van der Waals surface area contributed by atoms with Gasteiger partial charge in [0.2, 0.25) is 0 Å². The summed E-state index contributed by atoms with van der Waals surface area (Å²) in [6.07, 6.45) is 6.69. The van der Waals surface area contributed by atoms with Crippen LogP contribution in [-0.4, -0.2) is 29.2 Å². The molecule has 0 aromatic heterocycles. The molecule has 2 fully saturated rings. The number of hydrogen-bond donors (Lipinski definition) is 0. The van der Waals surface area contributed by atoms with Gasteiger partial charge in [-0.3, -0.25) is 0 Å². The van der Waals surface area contributed by atoms with Crippen molar-refractivity contribution in [2.75, 3.05) is 6.54 Å². The molecule has 1 amide bonds. The van der Waals surface area contributed by atoms with Crippen LogP contribution in [0.2, 0.25) is 0 Å². The van der Waals surface area contributed by atoms with Crippen LogP contribution in [0, 0.1) is 23.2 Å². The molecule has 0 radical (unpaired) electrons. The molecule has 1 saturated carbocycles. The first kappa shape index (κ1) is 15.2. The van der Waals surface area contributed by atoms with Gasteiger partial charge in [-0.05, 0) is 46.0 Å². The molecule has 0 bridgehead atoms. The fourth-order valence-corrected chi connectivity index (χ4v) is 3.33. The van der Waals surface area contributed by atoms with Gasteiger partial charge in [-0.2, -0.15) is 5.26 Å². The van der Waals surface area contributed by atoms with Gasteiger partial charge in [-0.1, -0.05) is 19.3 Å². The molecule has 0 spiro atoms.